The van der Waals surface area contributed by atoms with Crippen LogP contribution in [0, 0.1) is 0 Å². The molecule has 0 bridgehead atoms. The van der Waals surface area contributed by atoms with Crippen molar-refractivity contribution in [3.63, 3.8) is 0 Å². The lowest BCUT2D eigenvalue weighted by Crippen LogP contribution is -2.00. The minimum absolute atomic E-state index is 0.833. The third-order valence-electron chi connectivity index (χ3n) is 3.34. The normalized spacial score (nSPS) is 10.7. The molecule has 2 aromatic heterocycles. The van der Waals surface area contributed by atoms with E-state index in [0.29, 0.717) is 0 Å². The summed E-state index contributed by atoms with van der Waals surface area (Å²) in [6.45, 7) is 4.10. The number of aryl methyl sites for hydroxylation is 1. The highest BCUT2D eigenvalue weighted by molar-refractivity contribution is 5.48. The van der Waals surface area contributed by atoms with E-state index < -0.39 is 0 Å². The summed E-state index contributed by atoms with van der Waals surface area (Å²) in [5.41, 5.74) is 3.40. The number of benzene rings is 1. The second kappa shape index (κ2) is 6.26. The van der Waals surface area contributed by atoms with Gasteiger partial charge in [0.15, 0.2) is 0 Å². The molecule has 3 rings (SSSR count). The molecule has 0 spiro atoms. The Balaban J connectivity index is 1.60. The van der Waals surface area contributed by atoms with Gasteiger partial charge in [-0.25, -0.2) is 9.67 Å². The van der Waals surface area contributed by atoms with E-state index in [4.69, 9.17) is 0 Å². The third-order valence-corrected chi connectivity index (χ3v) is 3.34. The second-order valence-corrected chi connectivity index (χ2v) is 5.00. The molecule has 21 heavy (non-hydrogen) atoms. The summed E-state index contributed by atoms with van der Waals surface area (Å²) < 4.78 is 3.97. The lowest BCUT2D eigenvalue weighted by molar-refractivity contribution is 0.682. The van der Waals surface area contributed by atoms with Crippen molar-refractivity contribution in [1.82, 2.24) is 19.3 Å². The SMILES string of the molecule is CCCn1ccc(CNc2ccc(-n3cncn3)cc2)c1. The van der Waals surface area contributed by atoms with Crippen LogP contribution in [0.3, 0.4) is 0 Å². The molecule has 0 aliphatic rings. The summed E-state index contributed by atoms with van der Waals surface area (Å²) in [7, 11) is 0. The van der Waals surface area contributed by atoms with Crippen molar-refractivity contribution in [3.8, 4) is 5.69 Å². The summed E-state index contributed by atoms with van der Waals surface area (Å²) in [4.78, 5) is 3.95. The van der Waals surface area contributed by atoms with Crippen molar-refractivity contribution in [2.24, 2.45) is 0 Å². The van der Waals surface area contributed by atoms with E-state index in [1.165, 1.54) is 11.9 Å². The lowest BCUT2D eigenvalue weighted by Gasteiger charge is -2.06. The molecule has 0 atom stereocenters. The molecule has 0 aliphatic carbocycles. The first-order valence-corrected chi connectivity index (χ1v) is 7.19. The second-order valence-electron chi connectivity index (χ2n) is 5.00. The van der Waals surface area contributed by atoms with Gasteiger partial charge >= 0.3 is 0 Å². The number of hydrogen-bond donors (Lipinski definition) is 1. The molecule has 108 valence electrons. The van der Waals surface area contributed by atoms with Gasteiger partial charge in [-0.15, -0.1) is 0 Å². The molecule has 3 aromatic rings. The fourth-order valence-electron chi connectivity index (χ4n) is 2.27. The zero-order valence-electron chi connectivity index (χ0n) is 12.1. The molecule has 0 fully saturated rings. The molecule has 1 aromatic carbocycles. The van der Waals surface area contributed by atoms with Gasteiger partial charge in [0.1, 0.15) is 12.7 Å². The maximum Gasteiger partial charge on any atom is 0.138 e. The van der Waals surface area contributed by atoms with Crippen molar-refractivity contribution in [2.75, 3.05) is 5.32 Å². The predicted molar refractivity (Wildman–Crippen MR) is 83.4 cm³/mol. The van der Waals surface area contributed by atoms with Crippen LogP contribution in [0.4, 0.5) is 5.69 Å². The minimum Gasteiger partial charge on any atom is -0.381 e. The van der Waals surface area contributed by atoms with Gasteiger partial charge in [-0.2, -0.15) is 5.10 Å². The molecule has 5 nitrogen and oxygen atoms in total. The van der Waals surface area contributed by atoms with Gasteiger partial charge in [0.05, 0.1) is 5.69 Å². The van der Waals surface area contributed by atoms with Crippen LogP contribution in [-0.4, -0.2) is 19.3 Å². The zero-order chi connectivity index (χ0) is 14.5. The number of hydrogen-bond acceptors (Lipinski definition) is 3. The Morgan fingerprint density at radius 2 is 2.00 bits per heavy atom. The Bertz CT molecular complexity index is 667. The summed E-state index contributed by atoms with van der Waals surface area (Å²) in [5.74, 6) is 0. The molecule has 0 radical (unpaired) electrons. The number of anilines is 1. The van der Waals surface area contributed by atoms with Crippen LogP contribution in [0.15, 0.2) is 55.4 Å². The third kappa shape index (κ3) is 3.31. The monoisotopic (exact) mass is 281 g/mol. The number of aromatic nitrogens is 4. The zero-order valence-corrected chi connectivity index (χ0v) is 12.1. The Labute approximate surface area is 124 Å². The van der Waals surface area contributed by atoms with E-state index in [9.17, 15) is 0 Å². The fourth-order valence-corrected chi connectivity index (χ4v) is 2.27. The maximum absolute atomic E-state index is 4.11. The van der Waals surface area contributed by atoms with Crippen molar-refractivity contribution < 1.29 is 0 Å². The van der Waals surface area contributed by atoms with Crippen LogP contribution in [0.1, 0.15) is 18.9 Å². The Hall–Kier alpha value is -2.56. The van der Waals surface area contributed by atoms with E-state index in [1.54, 1.807) is 11.0 Å². The average molecular weight is 281 g/mol. The smallest absolute Gasteiger partial charge is 0.138 e. The van der Waals surface area contributed by atoms with Gasteiger partial charge in [0.25, 0.3) is 0 Å². The molecular formula is C16H19N5. The highest BCUT2D eigenvalue weighted by Gasteiger charge is 1.99. The lowest BCUT2D eigenvalue weighted by atomic mass is 10.2. The van der Waals surface area contributed by atoms with E-state index in [2.05, 4.69) is 57.5 Å². The van der Waals surface area contributed by atoms with Gasteiger partial charge in [0, 0.05) is 31.2 Å². The topological polar surface area (TPSA) is 47.7 Å². The highest BCUT2D eigenvalue weighted by atomic mass is 15.3. The van der Waals surface area contributed by atoms with Crippen molar-refractivity contribution in [3.05, 3.63) is 60.9 Å². The fraction of sp³-hybridized carbons (Fsp3) is 0.250. The highest BCUT2D eigenvalue weighted by Crippen LogP contribution is 2.13. The molecular weight excluding hydrogens is 262 g/mol. The van der Waals surface area contributed by atoms with Crippen LogP contribution in [-0.2, 0) is 13.1 Å². The largest absolute Gasteiger partial charge is 0.381 e. The summed E-state index contributed by atoms with van der Waals surface area (Å²) in [6, 6.07) is 10.3. The molecule has 1 N–H and O–H groups in total. The van der Waals surface area contributed by atoms with Gasteiger partial charge < -0.3 is 9.88 Å². The summed E-state index contributed by atoms with van der Waals surface area (Å²) >= 11 is 0. The van der Waals surface area contributed by atoms with Gasteiger partial charge in [-0.1, -0.05) is 6.92 Å². The van der Waals surface area contributed by atoms with Crippen LogP contribution in [0.25, 0.3) is 5.69 Å². The van der Waals surface area contributed by atoms with Crippen LogP contribution in [0.5, 0.6) is 0 Å². The van der Waals surface area contributed by atoms with Crippen molar-refractivity contribution in [1.29, 1.82) is 0 Å². The Kier molecular flexibility index (Phi) is 4.00. The average Bonchev–Trinajstić information content (AvgIpc) is 3.18. The van der Waals surface area contributed by atoms with E-state index in [1.807, 2.05) is 12.1 Å². The van der Waals surface area contributed by atoms with Crippen LogP contribution in [0.2, 0.25) is 0 Å². The molecule has 0 saturated heterocycles. The first kappa shape index (κ1) is 13.4. The standard InChI is InChI=1S/C16H19N5/c1-2-8-20-9-7-14(11-20)10-18-15-3-5-16(6-4-15)21-13-17-12-19-21/h3-7,9,11-13,18H,2,8,10H2,1H3. The van der Waals surface area contributed by atoms with Gasteiger partial charge in [0.2, 0.25) is 0 Å². The molecule has 5 heteroatoms. The van der Waals surface area contributed by atoms with Crippen LogP contribution >= 0.6 is 0 Å². The Morgan fingerprint density at radius 1 is 1.14 bits per heavy atom. The first-order valence-electron chi connectivity index (χ1n) is 7.19. The van der Waals surface area contributed by atoms with Crippen LogP contribution < -0.4 is 5.32 Å². The molecule has 0 unspecified atom stereocenters. The number of nitrogens with one attached hydrogen (secondary N) is 1. The molecule has 0 aliphatic heterocycles. The Morgan fingerprint density at radius 3 is 2.71 bits per heavy atom. The number of nitrogens with zero attached hydrogens (tertiary/aromatic N) is 4. The maximum atomic E-state index is 4.11. The van der Waals surface area contributed by atoms with E-state index in [0.717, 1.165) is 30.9 Å². The minimum atomic E-state index is 0.833. The summed E-state index contributed by atoms with van der Waals surface area (Å²) in [6.07, 6.45) is 8.71. The van der Waals surface area contributed by atoms with Crippen molar-refractivity contribution in [2.45, 2.75) is 26.4 Å². The molecule has 0 amide bonds. The number of rotatable bonds is 6. The van der Waals surface area contributed by atoms with E-state index in [-0.39, 0.29) is 0 Å². The summed E-state index contributed by atoms with van der Waals surface area (Å²) in [5, 5.41) is 7.54. The van der Waals surface area contributed by atoms with Crippen molar-refractivity contribution >= 4 is 5.69 Å². The molecule has 2 heterocycles. The quantitative estimate of drug-likeness (QED) is 0.755. The van der Waals surface area contributed by atoms with Gasteiger partial charge in [-0.3, -0.25) is 0 Å². The van der Waals surface area contributed by atoms with E-state index >= 15 is 0 Å². The molecule has 0 saturated carbocycles. The van der Waals surface area contributed by atoms with Gasteiger partial charge in [-0.05, 0) is 42.3 Å². The first-order chi connectivity index (χ1) is 10.3. The predicted octanol–water partition coefficient (Wildman–Crippen LogP) is 3.09.